The molecule has 0 saturated carbocycles. The SMILES string of the molecule is NC(=O)N(C(=O)c1c(F)cccc1F)c1cccc(OCc2ccc(Cl)cc2Cl)n1. The van der Waals surface area contributed by atoms with Gasteiger partial charge in [-0.15, -0.1) is 0 Å². The quantitative estimate of drug-likeness (QED) is 0.593. The van der Waals surface area contributed by atoms with E-state index in [0.717, 1.165) is 18.2 Å². The summed E-state index contributed by atoms with van der Waals surface area (Å²) in [5.41, 5.74) is 4.95. The molecule has 3 aromatic rings. The number of nitrogens with two attached hydrogens (primary N) is 1. The number of aromatic nitrogens is 1. The Morgan fingerprint density at radius 3 is 2.33 bits per heavy atom. The van der Waals surface area contributed by atoms with Crippen LogP contribution in [0.2, 0.25) is 10.0 Å². The van der Waals surface area contributed by atoms with Crippen LogP contribution in [0.5, 0.6) is 5.88 Å². The molecule has 0 aliphatic heterocycles. The van der Waals surface area contributed by atoms with E-state index in [1.54, 1.807) is 18.2 Å². The van der Waals surface area contributed by atoms with Crippen molar-refractivity contribution in [2.75, 3.05) is 4.90 Å². The van der Waals surface area contributed by atoms with Crippen LogP contribution in [-0.2, 0) is 6.61 Å². The smallest absolute Gasteiger partial charge is 0.327 e. The summed E-state index contributed by atoms with van der Waals surface area (Å²) in [6.45, 7) is 0.0128. The number of carbonyl (C=O) groups is 2. The topological polar surface area (TPSA) is 85.5 Å². The number of benzene rings is 2. The third-order valence-electron chi connectivity index (χ3n) is 3.93. The van der Waals surface area contributed by atoms with Gasteiger partial charge in [0.25, 0.3) is 5.91 Å². The molecule has 0 unspecified atom stereocenters. The van der Waals surface area contributed by atoms with Gasteiger partial charge in [0.1, 0.15) is 29.6 Å². The lowest BCUT2D eigenvalue weighted by Crippen LogP contribution is -2.42. The molecule has 0 aliphatic carbocycles. The molecule has 0 aliphatic rings. The Balaban J connectivity index is 1.88. The van der Waals surface area contributed by atoms with Gasteiger partial charge in [-0.3, -0.25) is 4.79 Å². The van der Waals surface area contributed by atoms with Crippen molar-refractivity contribution in [2.45, 2.75) is 6.61 Å². The van der Waals surface area contributed by atoms with Gasteiger partial charge in [-0.25, -0.2) is 18.5 Å². The van der Waals surface area contributed by atoms with Crippen LogP contribution in [0.4, 0.5) is 19.4 Å². The molecule has 6 nitrogen and oxygen atoms in total. The lowest BCUT2D eigenvalue weighted by atomic mass is 10.1. The summed E-state index contributed by atoms with van der Waals surface area (Å²) in [5.74, 6) is -3.84. The Morgan fingerprint density at radius 2 is 1.70 bits per heavy atom. The number of hydrogen-bond donors (Lipinski definition) is 1. The van der Waals surface area contributed by atoms with Gasteiger partial charge in [0.15, 0.2) is 0 Å². The number of amides is 3. The van der Waals surface area contributed by atoms with Crippen LogP contribution in [-0.4, -0.2) is 16.9 Å². The minimum absolute atomic E-state index is 0.0128. The second-order valence-corrected chi connectivity index (χ2v) is 6.78. The Kier molecular flexibility index (Phi) is 6.49. The van der Waals surface area contributed by atoms with E-state index in [9.17, 15) is 18.4 Å². The monoisotopic (exact) mass is 451 g/mol. The average Bonchev–Trinajstić information content (AvgIpc) is 2.67. The normalized spacial score (nSPS) is 10.5. The first kappa shape index (κ1) is 21.5. The number of urea groups is 1. The number of pyridine rings is 1. The molecule has 10 heteroatoms. The molecule has 0 saturated heterocycles. The van der Waals surface area contributed by atoms with Crippen LogP contribution in [0.15, 0.2) is 54.6 Å². The number of ether oxygens (including phenoxy) is 1. The number of nitrogens with zero attached hydrogens (tertiary/aromatic N) is 2. The van der Waals surface area contributed by atoms with Gasteiger partial charge >= 0.3 is 6.03 Å². The highest BCUT2D eigenvalue weighted by molar-refractivity contribution is 6.35. The van der Waals surface area contributed by atoms with Crippen molar-refractivity contribution in [3.8, 4) is 5.88 Å². The summed E-state index contributed by atoms with van der Waals surface area (Å²) in [4.78, 5) is 28.9. The Bertz CT molecular complexity index is 1110. The molecule has 0 radical (unpaired) electrons. The first-order chi connectivity index (χ1) is 14.3. The van der Waals surface area contributed by atoms with Crippen molar-refractivity contribution in [1.82, 2.24) is 4.98 Å². The van der Waals surface area contributed by atoms with E-state index in [0.29, 0.717) is 20.5 Å². The van der Waals surface area contributed by atoms with Crippen molar-refractivity contribution in [2.24, 2.45) is 5.73 Å². The van der Waals surface area contributed by atoms with Gasteiger partial charge in [0, 0.05) is 21.7 Å². The lowest BCUT2D eigenvalue weighted by Gasteiger charge is -2.19. The summed E-state index contributed by atoms with van der Waals surface area (Å²) in [5, 5.41) is 0.836. The van der Waals surface area contributed by atoms with Crippen LogP contribution < -0.4 is 15.4 Å². The number of carbonyl (C=O) groups excluding carboxylic acids is 2. The highest BCUT2D eigenvalue weighted by Crippen LogP contribution is 2.24. The van der Waals surface area contributed by atoms with Gasteiger partial charge in [-0.05, 0) is 30.3 Å². The molecule has 3 amide bonds. The maximum atomic E-state index is 14.0. The lowest BCUT2D eigenvalue weighted by molar-refractivity contribution is 0.0986. The van der Waals surface area contributed by atoms with Crippen molar-refractivity contribution in [1.29, 1.82) is 0 Å². The highest BCUT2D eigenvalue weighted by Gasteiger charge is 2.29. The molecule has 0 fully saturated rings. The molecule has 2 N–H and O–H groups in total. The molecule has 0 bridgehead atoms. The molecule has 3 rings (SSSR count). The standard InChI is InChI=1S/C20H13Cl2F2N3O3/c21-12-8-7-11(13(22)9-12)10-30-17-6-2-5-16(26-17)27(20(25)29)19(28)18-14(23)3-1-4-15(18)24/h1-9H,10H2,(H2,25,29). The van der Waals surface area contributed by atoms with Crippen molar-refractivity contribution >= 4 is 41.0 Å². The number of rotatable bonds is 5. The fraction of sp³-hybridized carbons (Fsp3) is 0.0500. The number of anilines is 1. The van der Waals surface area contributed by atoms with E-state index in [4.69, 9.17) is 33.7 Å². The van der Waals surface area contributed by atoms with E-state index in [1.165, 1.54) is 18.2 Å². The third-order valence-corrected chi connectivity index (χ3v) is 4.52. The zero-order valence-electron chi connectivity index (χ0n) is 15.1. The first-order valence-corrected chi connectivity index (χ1v) is 9.15. The van der Waals surface area contributed by atoms with E-state index < -0.39 is 29.1 Å². The highest BCUT2D eigenvalue weighted by atomic mass is 35.5. The second-order valence-electron chi connectivity index (χ2n) is 5.93. The van der Waals surface area contributed by atoms with Crippen LogP contribution >= 0.6 is 23.2 Å². The summed E-state index contributed by atoms with van der Waals surface area (Å²) < 4.78 is 33.5. The minimum Gasteiger partial charge on any atom is -0.473 e. The fourth-order valence-corrected chi connectivity index (χ4v) is 2.99. The maximum Gasteiger partial charge on any atom is 0.327 e. The molecule has 2 aromatic carbocycles. The summed E-state index contributed by atoms with van der Waals surface area (Å²) in [7, 11) is 0. The number of hydrogen-bond acceptors (Lipinski definition) is 4. The van der Waals surface area contributed by atoms with Crippen molar-refractivity contribution in [3.63, 3.8) is 0 Å². The first-order valence-electron chi connectivity index (χ1n) is 8.39. The van der Waals surface area contributed by atoms with Crippen molar-refractivity contribution in [3.05, 3.63) is 87.4 Å². The minimum atomic E-state index is -1.30. The fourth-order valence-electron chi connectivity index (χ4n) is 2.53. The van der Waals surface area contributed by atoms with E-state index in [1.807, 2.05) is 0 Å². The summed E-state index contributed by atoms with van der Waals surface area (Å²) in [6.07, 6.45) is 0. The molecular weight excluding hydrogens is 439 g/mol. The van der Waals surface area contributed by atoms with E-state index in [-0.39, 0.29) is 18.3 Å². The predicted molar refractivity (Wildman–Crippen MR) is 108 cm³/mol. The number of halogens is 4. The zero-order valence-corrected chi connectivity index (χ0v) is 16.6. The van der Waals surface area contributed by atoms with E-state index >= 15 is 0 Å². The zero-order chi connectivity index (χ0) is 21.8. The molecule has 30 heavy (non-hydrogen) atoms. The largest absolute Gasteiger partial charge is 0.473 e. The molecule has 1 aromatic heterocycles. The Hall–Kier alpha value is -3.23. The van der Waals surface area contributed by atoms with Crippen LogP contribution in [0.3, 0.4) is 0 Å². The molecule has 0 spiro atoms. The van der Waals surface area contributed by atoms with Gasteiger partial charge < -0.3 is 10.5 Å². The molecule has 0 atom stereocenters. The predicted octanol–water partition coefficient (Wildman–Crippen LogP) is 4.97. The van der Waals surface area contributed by atoms with Gasteiger partial charge in [0.2, 0.25) is 5.88 Å². The maximum absolute atomic E-state index is 14.0. The van der Waals surface area contributed by atoms with Crippen LogP contribution in [0.25, 0.3) is 0 Å². The Labute approximate surface area is 179 Å². The number of imide groups is 1. The van der Waals surface area contributed by atoms with Gasteiger partial charge in [-0.2, -0.15) is 4.98 Å². The van der Waals surface area contributed by atoms with Gasteiger partial charge in [-0.1, -0.05) is 41.4 Å². The summed E-state index contributed by atoms with van der Waals surface area (Å²) >= 11 is 11.9. The van der Waals surface area contributed by atoms with E-state index in [2.05, 4.69) is 4.98 Å². The third kappa shape index (κ3) is 4.67. The number of primary amides is 1. The molecule has 154 valence electrons. The second kappa shape index (κ2) is 9.06. The van der Waals surface area contributed by atoms with Crippen molar-refractivity contribution < 1.29 is 23.1 Å². The van der Waals surface area contributed by atoms with Gasteiger partial charge in [0.05, 0.1) is 0 Å². The average molecular weight is 452 g/mol. The van der Waals surface area contributed by atoms with Crippen LogP contribution in [0, 0.1) is 11.6 Å². The summed E-state index contributed by atoms with van der Waals surface area (Å²) in [6, 6.07) is 10.6. The molecular formula is C20H13Cl2F2N3O3. The molecule has 1 heterocycles. The Morgan fingerprint density at radius 1 is 1.03 bits per heavy atom. The van der Waals surface area contributed by atoms with Crippen LogP contribution in [0.1, 0.15) is 15.9 Å².